The number of anilines is 1. The number of carbonyl (C=O) groups excluding carboxylic acids is 1. The maximum Gasteiger partial charge on any atom is 0.321 e. The average molecular weight is 398 g/mol. The lowest BCUT2D eigenvalue weighted by atomic mass is 10.1. The molecule has 0 unspecified atom stereocenters. The van der Waals surface area contributed by atoms with E-state index in [1.165, 1.54) is 0 Å². The molecule has 7 nitrogen and oxygen atoms in total. The summed E-state index contributed by atoms with van der Waals surface area (Å²) in [6, 6.07) is 10.8. The van der Waals surface area contributed by atoms with Crippen molar-refractivity contribution in [3.63, 3.8) is 0 Å². The Hall–Kier alpha value is -3.06. The number of amides is 2. The molecule has 1 aliphatic heterocycles. The Balaban J connectivity index is 1.29. The number of urea groups is 1. The Morgan fingerprint density at radius 3 is 2.57 bits per heavy atom. The number of halogens is 1. The Bertz CT molecular complexity index is 905. The number of rotatable bonds is 4. The van der Waals surface area contributed by atoms with Gasteiger partial charge in [0.05, 0.1) is 18.2 Å². The van der Waals surface area contributed by atoms with Gasteiger partial charge in [-0.05, 0) is 43.2 Å². The molecular formula is C20H20ClN5O2. The molecule has 8 heteroatoms. The maximum atomic E-state index is 12.5. The van der Waals surface area contributed by atoms with Gasteiger partial charge in [-0.25, -0.2) is 14.8 Å². The van der Waals surface area contributed by atoms with Gasteiger partial charge in [0.2, 0.25) is 5.88 Å². The number of hydrogen-bond donors (Lipinski definition) is 1. The van der Waals surface area contributed by atoms with Gasteiger partial charge in [0.25, 0.3) is 0 Å². The molecule has 3 aromatic rings. The van der Waals surface area contributed by atoms with Crippen LogP contribution in [-0.2, 0) is 0 Å². The number of piperidine rings is 1. The van der Waals surface area contributed by atoms with Crippen molar-refractivity contribution in [2.24, 2.45) is 0 Å². The number of nitrogens with one attached hydrogen (secondary N) is 1. The standard InChI is InChI=1S/C20H20ClN5O2/c21-15-1-4-18(5-2-15)28-19-6-3-16(13-23-19)24-20(27)25-10-7-17(8-11-25)26-12-9-22-14-26/h1-6,9,12-14,17H,7-8,10-11H2,(H,24,27). The lowest BCUT2D eigenvalue weighted by Crippen LogP contribution is -2.41. The van der Waals surface area contributed by atoms with E-state index in [1.807, 2.05) is 17.4 Å². The van der Waals surface area contributed by atoms with Crippen molar-refractivity contribution >= 4 is 23.3 Å². The molecule has 1 fully saturated rings. The minimum absolute atomic E-state index is 0.114. The summed E-state index contributed by atoms with van der Waals surface area (Å²) in [5, 5.41) is 3.54. The van der Waals surface area contributed by atoms with Crippen LogP contribution in [0.4, 0.5) is 10.5 Å². The van der Waals surface area contributed by atoms with Crippen LogP contribution in [0.3, 0.4) is 0 Å². The highest BCUT2D eigenvalue weighted by molar-refractivity contribution is 6.30. The number of ether oxygens (including phenoxy) is 1. The summed E-state index contributed by atoms with van der Waals surface area (Å²) in [6.07, 6.45) is 9.00. The molecule has 0 saturated carbocycles. The molecule has 0 aliphatic carbocycles. The first-order valence-corrected chi connectivity index (χ1v) is 9.48. The quantitative estimate of drug-likeness (QED) is 0.698. The third-order valence-corrected chi connectivity index (χ3v) is 4.97. The number of benzene rings is 1. The van der Waals surface area contributed by atoms with Crippen LogP contribution in [0.25, 0.3) is 0 Å². The Morgan fingerprint density at radius 2 is 1.93 bits per heavy atom. The fraction of sp³-hybridized carbons (Fsp3) is 0.250. The smallest absolute Gasteiger partial charge is 0.321 e. The third kappa shape index (κ3) is 4.43. The summed E-state index contributed by atoms with van der Waals surface area (Å²) >= 11 is 5.86. The molecular weight excluding hydrogens is 378 g/mol. The first kappa shape index (κ1) is 18.3. The Kier molecular flexibility index (Phi) is 5.43. The molecule has 144 valence electrons. The van der Waals surface area contributed by atoms with Crippen molar-refractivity contribution in [2.75, 3.05) is 18.4 Å². The normalized spacial score (nSPS) is 14.7. The van der Waals surface area contributed by atoms with Gasteiger partial charge >= 0.3 is 6.03 Å². The van der Waals surface area contributed by atoms with E-state index in [9.17, 15) is 4.79 Å². The first-order chi connectivity index (χ1) is 13.7. The van der Waals surface area contributed by atoms with Gasteiger partial charge in [-0.2, -0.15) is 0 Å². The fourth-order valence-corrected chi connectivity index (χ4v) is 3.32. The molecule has 1 aromatic carbocycles. The fourth-order valence-electron chi connectivity index (χ4n) is 3.19. The lowest BCUT2D eigenvalue weighted by molar-refractivity contribution is 0.183. The van der Waals surface area contributed by atoms with E-state index in [0.29, 0.717) is 41.5 Å². The van der Waals surface area contributed by atoms with Crippen molar-refractivity contribution in [2.45, 2.75) is 18.9 Å². The van der Waals surface area contributed by atoms with Gasteiger partial charge in [-0.15, -0.1) is 0 Å². The largest absolute Gasteiger partial charge is 0.439 e. The lowest BCUT2D eigenvalue weighted by Gasteiger charge is -2.32. The number of aromatic nitrogens is 3. The predicted octanol–water partition coefficient (Wildman–Crippen LogP) is 4.59. The second kappa shape index (κ2) is 8.31. The number of carbonyl (C=O) groups is 1. The molecule has 1 N–H and O–H groups in total. The summed E-state index contributed by atoms with van der Waals surface area (Å²) in [5.41, 5.74) is 0.630. The zero-order valence-corrected chi connectivity index (χ0v) is 15.9. The number of pyridine rings is 1. The highest BCUT2D eigenvalue weighted by Crippen LogP contribution is 2.24. The van der Waals surface area contributed by atoms with Crippen molar-refractivity contribution in [3.8, 4) is 11.6 Å². The molecule has 2 aromatic heterocycles. The van der Waals surface area contributed by atoms with E-state index in [0.717, 1.165) is 12.8 Å². The van der Waals surface area contributed by atoms with Crippen LogP contribution in [0.2, 0.25) is 5.02 Å². The molecule has 4 rings (SSSR count). The van der Waals surface area contributed by atoms with Gasteiger partial charge in [0.15, 0.2) is 0 Å². The van der Waals surface area contributed by atoms with E-state index < -0.39 is 0 Å². The zero-order valence-electron chi connectivity index (χ0n) is 15.2. The van der Waals surface area contributed by atoms with Gasteiger partial charge < -0.3 is 19.5 Å². The maximum absolute atomic E-state index is 12.5. The summed E-state index contributed by atoms with van der Waals surface area (Å²) in [6.45, 7) is 1.42. The molecule has 0 radical (unpaired) electrons. The third-order valence-electron chi connectivity index (χ3n) is 4.72. The van der Waals surface area contributed by atoms with E-state index >= 15 is 0 Å². The van der Waals surface area contributed by atoms with Crippen molar-refractivity contribution in [3.05, 3.63) is 66.3 Å². The SMILES string of the molecule is O=C(Nc1ccc(Oc2ccc(Cl)cc2)nc1)N1CCC(n2ccnc2)CC1. The Labute approximate surface area is 167 Å². The van der Waals surface area contributed by atoms with Gasteiger partial charge in [-0.3, -0.25) is 0 Å². The van der Waals surface area contributed by atoms with Crippen LogP contribution < -0.4 is 10.1 Å². The highest BCUT2D eigenvalue weighted by Gasteiger charge is 2.23. The summed E-state index contributed by atoms with van der Waals surface area (Å²) in [4.78, 5) is 22.7. The van der Waals surface area contributed by atoms with Crippen LogP contribution in [0.15, 0.2) is 61.3 Å². The van der Waals surface area contributed by atoms with Crippen LogP contribution >= 0.6 is 11.6 Å². The monoisotopic (exact) mass is 397 g/mol. The number of hydrogen-bond acceptors (Lipinski definition) is 4. The topological polar surface area (TPSA) is 72.3 Å². The van der Waals surface area contributed by atoms with E-state index in [4.69, 9.17) is 16.3 Å². The van der Waals surface area contributed by atoms with Gasteiger partial charge in [0, 0.05) is 42.6 Å². The number of imidazole rings is 1. The van der Waals surface area contributed by atoms with E-state index in [2.05, 4.69) is 19.9 Å². The molecule has 1 aliphatic rings. The van der Waals surface area contributed by atoms with E-state index in [-0.39, 0.29) is 6.03 Å². The molecule has 1 saturated heterocycles. The predicted molar refractivity (Wildman–Crippen MR) is 107 cm³/mol. The number of likely N-dealkylation sites (tertiary alicyclic amines) is 1. The molecule has 2 amide bonds. The molecule has 3 heterocycles. The van der Waals surface area contributed by atoms with Crippen LogP contribution in [0.5, 0.6) is 11.6 Å². The van der Waals surface area contributed by atoms with Crippen LogP contribution in [-0.4, -0.2) is 38.6 Å². The molecule has 0 bridgehead atoms. The zero-order chi connectivity index (χ0) is 19.3. The number of nitrogens with zero attached hydrogens (tertiary/aromatic N) is 4. The molecule has 0 atom stereocenters. The van der Waals surface area contributed by atoms with Crippen LogP contribution in [0.1, 0.15) is 18.9 Å². The van der Waals surface area contributed by atoms with Crippen molar-refractivity contribution in [1.29, 1.82) is 0 Å². The van der Waals surface area contributed by atoms with Gasteiger partial charge in [-0.1, -0.05) is 11.6 Å². The Morgan fingerprint density at radius 1 is 1.14 bits per heavy atom. The summed E-state index contributed by atoms with van der Waals surface area (Å²) < 4.78 is 7.77. The average Bonchev–Trinajstić information content (AvgIpc) is 3.26. The first-order valence-electron chi connectivity index (χ1n) is 9.10. The molecule has 0 spiro atoms. The van der Waals surface area contributed by atoms with Crippen molar-refractivity contribution in [1.82, 2.24) is 19.4 Å². The molecule has 28 heavy (non-hydrogen) atoms. The second-order valence-corrected chi connectivity index (χ2v) is 7.04. The van der Waals surface area contributed by atoms with Crippen molar-refractivity contribution < 1.29 is 9.53 Å². The second-order valence-electron chi connectivity index (χ2n) is 6.60. The summed E-state index contributed by atoms with van der Waals surface area (Å²) in [7, 11) is 0. The van der Waals surface area contributed by atoms with Crippen LogP contribution in [0, 0.1) is 0 Å². The van der Waals surface area contributed by atoms with Gasteiger partial charge in [0.1, 0.15) is 5.75 Å². The highest BCUT2D eigenvalue weighted by atomic mass is 35.5. The minimum Gasteiger partial charge on any atom is -0.439 e. The summed E-state index contributed by atoms with van der Waals surface area (Å²) in [5.74, 6) is 1.09. The minimum atomic E-state index is -0.114. The van der Waals surface area contributed by atoms with E-state index in [1.54, 1.807) is 48.8 Å².